The van der Waals surface area contributed by atoms with Crippen molar-refractivity contribution in [3.05, 3.63) is 64.1 Å². The predicted octanol–water partition coefficient (Wildman–Crippen LogP) is 5.50. The third-order valence-electron chi connectivity index (χ3n) is 4.91. The molecule has 0 bridgehead atoms. The number of amides is 1. The summed E-state index contributed by atoms with van der Waals surface area (Å²) in [5, 5.41) is 5.70. The number of rotatable bonds is 5. The zero-order chi connectivity index (χ0) is 22.7. The maximum atomic E-state index is 13.3. The summed E-state index contributed by atoms with van der Waals surface area (Å²) in [6, 6.07) is 10.6. The Morgan fingerprint density at radius 1 is 1.19 bits per heavy atom. The number of thiazole rings is 1. The Balaban J connectivity index is 1.53. The molecule has 1 N–H and O–H groups in total. The zero-order valence-corrected chi connectivity index (χ0v) is 18.4. The normalized spacial score (nSPS) is 14.4. The van der Waals surface area contributed by atoms with Crippen LogP contribution in [0.1, 0.15) is 11.3 Å². The number of hydrogen-bond donors (Lipinski definition) is 1. The molecule has 2 heterocycles. The molecular weight excluding hydrogens is 463 g/mol. The fraction of sp³-hybridized carbons (Fsp3) is 0.273. The molecule has 0 atom stereocenters. The Kier molecular flexibility index (Phi) is 6.68. The number of nitrogens with one attached hydrogen (secondary N) is 1. The molecule has 32 heavy (non-hydrogen) atoms. The molecule has 5 nitrogen and oxygen atoms in total. The second-order valence-electron chi connectivity index (χ2n) is 7.21. The van der Waals surface area contributed by atoms with Gasteiger partial charge in [0, 0.05) is 29.1 Å². The number of morpholine rings is 1. The highest BCUT2D eigenvalue weighted by Crippen LogP contribution is 2.36. The SMILES string of the molecule is O=C(Cc1csc(-c2cccc(Cl)c2)n1)Nc1cc(C(F)(F)F)ccc1N1CCOCC1. The summed E-state index contributed by atoms with van der Waals surface area (Å²) >= 11 is 7.39. The first-order valence-electron chi connectivity index (χ1n) is 9.84. The summed E-state index contributed by atoms with van der Waals surface area (Å²) < 4.78 is 45.1. The molecular formula is C22H19ClF3N3O2S. The average Bonchev–Trinajstić information content (AvgIpc) is 3.22. The van der Waals surface area contributed by atoms with Gasteiger partial charge in [0.15, 0.2) is 0 Å². The van der Waals surface area contributed by atoms with E-state index in [1.165, 1.54) is 17.4 Å². The van der Waals surface area contributed by atoms with Gasteiger partial charge in [-0.1, -0.05) is 23.7 Å². The molecule has 1 aromatic heterocycles. The smallest absolute Gasteiger partial charge is 0.378 e. The Bertz CT molecular complexity index is 1110. The van der Waals surface area contributed by atoms with Crippen LogP contribution in [0.4, 0.5) is 24.5 Å². The van der Waals surface area contributed by atoms with E-state index in [1.807, 2.05) is 17.0 Å². The molecule has 3 aromatic rings. The summed E-state index contributed by atoms with van der Waals surface area (Å²) in [6.45, 7) is 2.01. The van der Waals surface area contributed by atoms with Crippen LogP contribution in [0.5, 0.6) is 0 Å². The third kappa shape index (κ3) is 5.40. The maximum Gasteiger partial charge on any atom is 0.416 e. The van der Waals surface area contributed by atoms with Gasteiger partial charge in [0.1, 0.15) is 5.01 Å². The van der Waals surface area contributed by atoms with Gasteiger partial charge in [0.25, 0.3) is 0 Å². The van der Waals surface area contributed by atoms with Gasteiger partial charge in [-0.15, -0.1) is 11.3 Å². The molecule has 4 rings (SSSR count). The Hall–Kier alpha value is -2.62. The molecule has 0 radical (unpaired) electrons. The molecule has 0 unspecified atom stereocenters. The van der Waals surface area contributed by atoms with E-state index in [4.69, 9.17) is 16.3 Å². The van der Waals surface area contributed by atoms with Crippen molar-refractivity contribution in [1.82, 2.24) is 4.98 Å². The summed E-state index contributed by atoms with van der Waals surface area (Å²) in [7, 11) is 0. The fourth-order valence-corrected chi connectivity index (χ4v) is 4.40. The number of hydrogen-bond acceptors (Lipinski definition) is 5. The molecule has 1 amide bonds. The van der Waals surface area contributed by atoms with Crippen LogP contribution >= 0.6 is 22.9 Å². The van der Waals surface area contributed by atoms with Crippen molar-refractivity contribution in [3.63, 3.8) is 0 Å². The van der Waals surface area contributed by atoms with Crippen molar-refractivity contribution in [2.75, 3.05) is 36.5 Å². The molecule has 1 aliphatic heterocycles. The lowest BCUT2D eigenvalue weighted by Gasteiger charge is -2.31. The molecule has 0 spiro atoms. The number of halogens is 4. The van der Waals surface area contributed by atoms with Crippen LogP contribution in [0, 0.1) is 0 Å². The van der Waals surface area contributed by atoms with Crippen molar-refractivity contribution in [2.24, 2.45) is 0 Å². The van der Waals surface area contributed by atoms with E-state index in [2.05, 4.69) is 10.3 Å². The molecule has 0 aliphatic carbocycles. The molecule has 1 saturated heterocycles. The number of benzene rings is 2. The Morgan fingerprint density at radius 3 is 2.69 bits per heavy atom. The molecule has 2 aromatic carbocycles. The third-order valence-corrected chi connectivity index (χ3v) is 6.09. The van der Waals surface area contributed by atoms with E-state index < -0.39 is 17.6 Å². The lowest BCUT2D eigenvalue weighted by molar-refractivity contribution is -0.137. The fourth-order valence-electron chi connectivity index (χ4n) is 3.39. The first-order chi connectivity index (χ1) is 15.3. The van der Waals surface area contributed by atoms with E-state index in [-0.39, 0.29) is 12.1 Å². The van der Waals surface area contributed by atoms with E-state index in [0.29, 0.717) is 47.7 Å². The molecule has 1 fully saturated rings. The van der Waals surface area contributed by atoms with E-state index in [1.54, 1.807) is 17.5 Å². The summed E-state index contributed by atoms with van der Waals surface area (Å²) in [5.74, 6) is -0.443. The monoisotopic (exact) mass is 481 g/mol. The van der Waals surface area contributed by atoms with Gasteiger partial charge in [-0.3, -0.25) is 4.79 Å². The highest BCUT2D eigenvalue weighted by atomic mass is 35.5. The van der Waals surface area contributed by atoms with Crippen LogP contribution in [0.2, 0.25) is 5.02 Å². The van der Waals surface area contributed by atoms with Gasteiger partial charge >= 0.3 is 6.18 Å². The molecule has 10 heteroatoms. The lowest BCUT2D eigenvalue weighted by atomic mass is 10.1. The van der Waals surface area contributed by atoms with Gasteiger partial charge in [0.05, 0.1) is 42.3 Å². The van der Waals surface area contributed by atoms with Crippen LogP contribution in [-0.4, -0.2) is 37.2 Å². The standard InChI is InChI=1S/C22H19ClF3N3O2S/c23-16-3-1-2-14(10-16)21-27-17(13-32-21)12-20(30)28-18-11-15(22(24,25)26)4-5-19(18)29-6-8-31-9-7-29/h1-5,10-11,13H,6-9,12H2,(H,28,30). The highest BCUT2D eigenvalue weighted by Gasteiger charge is 2.32. The number of ether oxygens (including phenoxy) is 1. The van der Waals surface area contributed by atoms with Crippen molar-refractivity contribution >= 4 is 40.2 Å². The largest absolute Gasteiger partial charge is 0.416 e. The van der Waals surface area contributed by atoms with Gasteiger partial charge in [-0.2, -0.15) is 13.2 Å². The van der Waals surface area contributed by atoms with Crippen LogP contribution < -0.4 is 10.2 Å². The van der Waals surface area contributed by atoms with Crippen molar-refractivity contribution < 1.29 is 22.7 Å². The highest BCUT2D eigenvalue weighted by molar-refractivity contribution is 7.13. The number of alkyl halides is 3. The number of carbonyl (C=O) groups excluding carboxylic acids is 1. The minimum Gasteiger partial charge on any atom is -0.378 e. The minimum absolute atomic E-state index is 0.0597. The van der Waals surface area contributed by atoms with Gasteiger partial charge in [-0.25, -0.2) is 4.98 Å². The predicted molar refractivity (Wildman–Crippen MR) is 119 cm³/mol. The molecule has 168 valence electrons. The van der Waals surface area contributed by atoms with E-state index in [0.717, 1.165) is 17.7 Å². The maximum absolute atomic E-state index is 13.3. The number of nitrogens with zero attached hydrogens (tertiary/aromatic N) is 2. The summed E-state index contributed by atoms with van der Waals surface area (Å²) in [5.41, 5.74) is 1.20. The first-order valence-corrected chi connectivity index (χ1v) is 11.1. The topological polar surface area (TPSA) is 54.5 Å². The van der Waals surface area contributed by atoms with Crippen molar-refractivity contribution in [3.8, 4) is 10.6 Å². The first kappa shape index (κ1) is 22.6. The summed E-state index contributed by atoms with van der Waals surface area (Å²) in [4.78, 5) is 19.1. The van der Waals surface area contributed by atoms with Gasteiger partial charge in [0.2, 0.25) is 5.91 Å². The van der Waals surface area contributed by atoms with E-state index in [9.17, 15) is 18.0 Å². The van der Waals surface area contributed by atoms with Crippen molar-refractivity contribution in [2.45, 2.75) is 12.6 Å². The Morgan fingerprint density at radius 2 is 1.97 bits per heavy atom. The second kappa shape index (κ2) is 9.48. The van der Waals surface area contributed by atoms with Crippen LogP contribution in [0.25, 0.3) is 10.6 Å². The number of anilines is 2. The number of aromatic nitrogens is 1. The summed E-state index contributed by atoms with van der Waals surface area (Å²) in [6.07, 6.45) is -4.57. The quantitative estimate of drug-likeness (QED) is 0.523. The average molecular weight is 482 g/mol. The lowest BCUT2D eigenvalue weighted by Crippen LogP contribution is -2.37. The minimum atomic E-state index is -4.51. The van der Waals surface area contributed by atoms with Crippen LogP contribution in [-0.2, 0) is 22.1 Å². The molecule has 0 saturated carbocycles. The van der Waals surface area contributed by atoms with Gasteiger partial charge in [-0.05, 0) is 30.3 Å². The van der Waals surface area contributed by atoms with Gasteiger partial charge < -0.3 is 15.0 Å². The number of carbonyl (C=O) groups is 1. The van der Waals surface area contributed by atoms with Crippen LogP contribution in [0.3, 0.4) is 0 Å². The van der Waals surface area contributed by atoms with E-state index >= 15 is 0 Å². The Labute approximate surface area is 191 Å². The zero-order valence-electron chi connectivity index (χ0n) is 16.8. The van der Waals surface area contributed by atoms with Crippen LogP contribution in [0.15, 0.2) is 47.8 Å². The second-order valence-corrected chi connectivity index (χ2v) is 8.50. The molecule has 1 aliphatic rings. The van der Waals surface area contributed by atoms with Crippen molar-refractivity contribution in [1.29, 1.82) is 0 Å².